The first-order valence-corrected chi connectivity index (χ1v) is 14.9. The van der Waals surface area contributed by atoms with Crippen molar-refractivity contribution in [2.24, 2.45) is 11.1 Å². The Hall–Kier alpha value is -5.00. The van der Waals surface area contributed by atoms with Crippen LogP contribution in [-0.2, 0) is 16.4 Å². The van der Waals surface area contributed by atoms with Crippen LogP contribution in [0.5, 0.6) is 5.75 Å². The van der Waals surface area contributed by atoms with E-state index in [9.17, 15) is 23.1 Å². The third-order valence-electron chi connectivity index (χ3n) is 6.80. The van der Waals surface area contributed by atoms with Crippen molar-refractivity contribution in [1.29, 1.82) is 5.41 Å². The maximum absolute atomic E-state index is 12.6. The van der Waals surface area contributed by atoms with Gasteiger partial charge in [0.2, 0.25) is 10.0 Å². The molecule has 0 radical (unpaired) electrons. The highest BCUT2D eigenvalue weighted by Crippen LogP contribution is 2.30. The number of hydrogen-bond acceptors (Lipinski definition) is 6. The van der Waals surface area contributed by atoms with Gasteiger partial charge in [-0.1, -0.05) is 80.6 Å². The quantitative estimate of drug-likeness (QED) is 0.139. The van der Waals surface area contributed by atoms with E-state index in [1.165, 1.54) is 11.0 Å². The minimum atomic E-state index is -3.96. The van der Waals surface area contributed by atoms with Crippen LogP contribution in [0.3, 0.4) is 0 Å². The Morgan fingerprint density at radius 1 is 0.930 bits per heavy atom. The number of ether oxygens (including phenoxy) is 1. The topological polar surface area (TPSA) is 163 Å². The SMILES string of the molecule is CC(C)C(Cc1cccc(C(=N)NC(=O)Oc2ccccc2)c1)N(C(=O)O)c1ccc(-c2ccccc2S(N)(=O)=O)cc1. The summed E-state index contributed by atoms with van der Waals surface area (Å²) in [6, 6.07) is 27.9. The number of hydrogen-bond donors (Lipinski definition) is 4. The number of carbonyl (C=O) groups excluding carboxylic acids is 1. The zero-order valence-corrected chi connectivity index (χ0v) is 24.4. The molecule has 0 saturated carbocycles. The summed E-state index contributed by atoms with van der Waals surface area (Å²) in [5.74, 6) is 0.0899. The van der Waals surface area contributed by atoms with Gasteiger partial charge in [0, 0.05) is 22.9 Å². The van der Waals surface area contributed by atoms with Gasteiger partial charge in [-0.25, -0.2) is 23.1 Å². The number of anilines is 1. The summed E-state index contributed by atoms with van der Waals surface area (Å²) in [5.41, 5.74) is 2.61. The Labute approximate surface area is 250 Å². The van der Waals surface area contributed by atoms with Gasteiger partial charge in [-0.2, -0.15) is 0 Å². The summed E-state index contributed by atoms with van der Waals surface area (Å²) in [6.45, 7) is 3.84. The minimum Gasteiger partial charge on any atom is -0.465 e. The van der Waals surface area contributed by atoms with E-state index in [-0.39, 0.29) is 16.6 Å². The number of sulfonamides is 1. The maximum Gasteiger partial charge on any atom is 0.418 e. The van der Waals surface area contributed by atoms with Crippen molar-refractivity contribution in [3.8, 4) is 16.9 Å². The lowest BCUT2D eigenvalue weighted by atomic mass is 9.93. The number of para-hydroxylation sites is 1. The molecular weight excluding hydrogens is 568 g/mol. The predicted molar refractivity (Wildman–Crippen MR) is 165 cm³/mol. The molecule has 222 valence electrons. The number of carboxylic acid groups (broad SMARTS) is 1. The number of rotatable bonds is 9. The lowest BCUT2D eigenvalue weighted by Gasteiger charge is -2.33. The fourth-order valence-electron chi connectivity index (χ4n) is 4.71. The molecule has 43 heavy (non-hydrogen) atoms. The van der Waals surface area contributed by atoms with Gasteiger partial charge < -0.3 is 9.84 Å². The average Bonchev–Trinajstić information content (AvgIpc) is 2.97. The van der Waals surface area contributed by atoms with E-state index < -0.39 is 28.3 Å². The van der Waals surface area contributed by atoms with E-state index in [0.717, 1.165) is 5.56 Å². The molecule has 4 rings (SSSR count). The third kappa shape index (κ3) is 7.85. The van der Waals surface area contributed by atoms with E-state index >= 15 is 0 Å². The number of carbonyl (C=O) groups is 2. The molecular formula is C32H32N4O6S. The van der Waals surface area contributed by atoms with Crippen LogP contribution >= 0.6 is 0 Å². The van der Waals surface area contributed by atoms with Crippen molar-refractivity contribution in [2.75, 3.05) is 4.90 Å². The van der Waals surface area contributed by atoms with E-state index in [4.69, 9.17) is 15.3 Å². The Bertz CT molecular complexity index is 1720. The lowest BCUT2D eigenvalue weighted by Crippen LogP contribution is -2.44. The Morgan fingerprint density at radius 3 is 2.21 bits per heavy atom. The molecule has 0 spiro atoms. The average molecular weight is 601 g/mol. The molecule has 4 aromatic carbocycles. The van der Waals surface area contributed by atoms with Gasteiger partial charge in [-0.15, -0.1) is 0 Å². The van der Waals surface area contributed by atoms with Crippen LogP contribution in [0.25, 0.3) is 11.1 Å². The smallest absolute Gasteiger partial charge is 0.418 e. The lowest BCUT2D eigenvalue weighted by molar-refractivity contribution is 0.196. The van der Waals surface area contributed by atoms with Gasteiger partial charge in [0.1, 0.15) is 11.6 Å². The molecule has 0 heterocycles. The zero-order chi connectivity index (χ0) is 31.1. The Morgan fingerprint density at radius 2 is 1.58 bits per heavy atom. The number of primary sulfonamides is 1. The first kappa shape index (κ1) is 30.9. The first-order valence-electron chi connectivity index (χ1n) is 13.4. The second-order valence-corrected chi connectivity index (χ2v) is 11.7. The molecule has 5 N–H and O–H groups in total. The van der Waals surface area contributed by atoms with E-state index in [2.05, 4.69) is 5.32 Å². The van der Waals surface area contributed by atoms with Gasteiger partial charge in [-0.05, 0) is 59.9 Å². The van der Waals surface area contributed by atoms with Gasteiger partial charge in [0.15, 0.2) is 0 Å². The summed E-state index contributed by atoms with van der Waals surface area (Å²) in [5, 5.41) is 26.4. The van der Waals surface area contributed by atoms with Gasteiger partial charge >= 0.3 is 12.2 Å². The van der Waals surface area contributed by atoms with Crippen LogP contribution in [0.4, 0.5) is 15.3 Å². The van der Waals surface area contributed by atoms with Crippen molar-refractivity contribution in [3.05, 3.63) is 114 Å². The monoisotopic (exact) mass is 600 g/mol. The largest absolute Gasteiger partial charge is 0.465 e. The molecule has 1 atom stereocenters. The number of nitrogens with zero attached hydrogens (tertiary/aromatic N) is 1. The van der Waals surface area contributed by atoms with Gasteiger partial charge in [0.25, 0.3) is 0 Å². The fourth-order valence-corrected chi connectivity index (χ4v) is 5.48. The standard InChI is InChI=1S/C32H32N4O6S/c1-21(2)28(20-22-9-8-10-24(19-22)30(33)35-31(37)42-26-11-4-3-5-12-26)36(32(38)39)25-17-15-23(16-18-25)27-13-6-7-14-29(27)43(34,40)41/h3-19,21,28H,20H2,1-2H3,(H,38,39)(H2,33,35,37)(H2,34,40,41). The number of amides is 2. The fraction of sp³-hybridized carbons (Fsp3) is 0.156. The summed E-state index contributed by atoms with van der Waals surface area (Å²) < 4.78 is 29.3. The summed E-state index contributed by atoms with van der Waals surface area (Å²) in [7, 11) is -3.96. The molecule has 0 aromatic heterocycles. The highest BCUT2D eigenvalue weighted by molar-refractivity contribution is 7.89. The summed E-state index contributed by atoms with van der Waals surface area (Å²) in [4.78, 5) is 26.1. The molecule has 11 heteroatoms. The highest BCUT2D eigenvalue weighted by Gasteiger charge is 2.28. The zero-order valence-electron chi connectivity index (χ0n) is 23.6. The van der Waals surface area contributed by atoms with Crippen LogP contribution in [-0.4, -0.2) is 37.6 Å². The molecule has 0 aliphatic carbocycles. The number of nitrogens with one attached hydrogen (secondary N) is 2. The number of amidine groups is 1. The van der Waals surface area contributed by atoms with Gasteiger partial charge in [-0.3, -0.25) is 15.6 Å². The van der Waals surface area contributed by atoms with Gasteiger partial charge in [0.05, 0.1) is 4.90 Å². The predicted octanol–water partition coefficient (Wildman–Crippen LogP) is 5.87. The Kier molecular flexibility index (Phi) is 9.59. The van der Waals surface area contributed by atoms with E-state index in [1.807, 2.05) is 19.9 Å². The molecule has 1 unspecified atom stereocenters. The number of nitrogens with two attached hydrogens (primary N) is 1. The molecule has 10 nitrogen and oxygen atoms in total. The van der Waals surface area contributed by atoms with Crippen molar-refractivity contribution >= 4 is 33.7 Å². The maximum atomic E-state index is 12.6. The van der Waals surface area contributed by atoms with Crippen LogP contribution in [0.1, 0.15) is 25.0 Å². The summed E-state index contributed by atoms with van der Waals surface area (Å²) >= 11 is 0. The second-order valence-electron chi connectivity index (χ2n) is 10.2. The second kappa shape index (κ2) is 13.3. The highest BCUT2D eigenvalue weighted by atomic mass is 32.2. The number of benzene rings is 4. The molecule has 0 saturated heterocycles. The normalized spacial score (nSPS) is 11.9. The van der Waals surface area contributed by atoms with Crippen LogP contribution in [0, 0.1) is 11.3 Å². The van der Waals surface area contributed by atoms with Crippen LogP contribution in [0.2, 0.25) is 0 Å². The van der Waals surface area contributed by atoms with E-state index in [1.54, 1.807) is 91.0 Å². The molecule has 4 aromatic rings. The van der Waals surface area contributed by atoms with Crippen molar-refractivity contribution in [2.45, 2.75) is 31.2 Å². The first-order chi connectivity index (χ1) is 20.4. The molecule has 0 fully saturated rings. The molecule has 0 aliphatic heterocycles. The minimum absolute atomic E-state index is 0.0221. The molecule has 0 bridgehead atoms. The molecule has 0 aliphatic rings. The van der Waals surface area contributed by atoms with E-state index in [0.29, 0.717) is 34.5 Å². The van der Waals surface area contributed by atoms with Crippen LogP contribution in [0.15, 0.2) is 108 Å². The van der Waals surface area contributed by atoms with Crippen molar-refractivity contribution in [3.63, 3.8) is 0 Å². The Balaban J connectivity index is 1.55. The van der Waals surface area contributed by atoms with Crippen molar-refractivity contribution in [1.82, 2.24) is 5.32 Å². The molecule has 2 amide bonds. The summed E-state index contributed by atoms with van der Waals surface area (Å²) in [6.07, 6.45) is -1.62. The third-order valence-corrected chi connectivity index (χ3v) is 7.77. The van der Waals surface area contributed by atoms with Crippen molar-refractivity contribution < 1.29 is 27.9 Å². The van der Waals surface area contributed by atoms with Crippen LogP contribution < -0.4 is 20.1 Å².